The number of rotatable bonds is 5. The van der Waals surface area contributed by atoms with Gasteiger partial charge in [0, 0.05) is 6.07 Å². The van der Waals surface area contributed by atoms with E-state index in [0.717, 1.165) is 11.1 Å². The van der Waals surface area contributed by atoms with Gasteiger partial charge in [-0.15, -0.1) is 0 Å². The summed E-state index contributed by atoms with van der Waals surface area (Å²) in [5, 5.41) is 46.9. The number of nitrogens with two attached hydrogens (primary N) is 1. The van der Waals surface area contributed by atoms with Crippen LogP contribution in [0.15, 0.2) is 84.9 Å². The molecule has 0 saturated carbocycles. The van der Waals surface area contributed by atoms with Crippen molar-refractivity contribution in [2.75, 3.05) is 5.73 Å². The van der Waals surface area contributed by atoms with Crippen molar-refractivity contribution in [2.24, 2.45) is 0 Å². The van der Waals surface area contributed by atoms with Gasteiger partial charge in [0.15, 0.2) is 5.75 Å². The molecule has 0 aromatic heterocycles. The van der Waals surface area contributed by atoms with Crippen molar-refractivity contribution in [3.63, 3.8) is 0 Å². The Morgan fingerprint density at radius 2 is 1.03 bits per heavy atom. The number of hydrogen-bond donors (Lipinski definition) is 5. The van der Waals surface area contributed by atoms with Gasteiger partial charge in [-0.2, -0.15) is 0 Å². The highest BCUT2D eigenvalue weighted by Gasteiger charge is 2.14. The highest BCUT2D eigenvalue weighted by molar-refractivity contribution is 5.89. The largest absolute Gasteiger partial charge is 0.506 e. The molecule has 0 heterocycles. The maximum Gasteiger partial charge on any atom is 0.335 e. The molecule has 10 nitrogen and oxygen atoms in total. The Balaban J connectivity index is 0.000000202. The first-order valence-electron chi connectivity index (χ1n) is 10.3. The predicted octanol–water partition coefficient (Wildman–Crippen LogP) is 5.01. The second-order valence-electron chi connectivity index (χ2n) is 7.50. The summed E-state index contributed by atoms with van der Waals surface area (Å²) in [4.78, 5) is 31.4. The number of aromatic hydroxyl groups is 2. The Morgan fingerprint density at radius 1 is 0.639 bits per heavy atom. The van der Waals surface area contributed by atoms with Crippen molar-refractivity contribution in [2.45, 2.75) is 0 Å². The average molecular weight is 488 g/mol. The van der Waals surface area contributed by atoms with Crippen molar-refractivity contribution in [3.8, 4) is 33.8 Å². The van der Waals surface area contributed by atoms with E-state index in [1.54, 1.807) is 36.4 Å². The Bertz CT molecular complexity index is 1430. The van der Waals surface area contributed by atoms with Gasteiger partial charge in [-0.25, -0.2) is 9.59 Å². The van der Waals surface area contributed by atoms with Gasteiger partial charge in [-0.1, -0.05) is 36.4 Å². The fraction of sp³-hybridized carbons (Fsp3) is 0. The molecule has 0 atom stereocenters. The van der Waals surface area contributed by atoms with E-state index in [2.05, 4.69) is 0 Å². The molecule has 0 radical (unpaired) electrons. The number of nitrogen functional groups attached to an aromatic ring is 1. The van der Waals surface area contributed by atoms with Crippen LogP contribution in [0.25, 0.3) is 22.3 Å². The molecule has 0 spiro atoms. The maximum atomic E-state index is 10.7. The lowest BCUT2D eigenvalue weighted by Crippen LogP contribution is -1.95. The lowest BCUT2D eigenvalue weighted by molar-refractivity contribution is -0.385. The Morgan fingerprint density at radius 3 is 1.42 bits per heavy atom. The van der Waals surface area contributed by atoms with Crippen molar-refractivity contribution in [3.05, 3.63) is 106 Å². The summed E-state index contributed by atoms with van der Waals surface area (Å²) in [5.41, 5.74) is 8.71. The third-order valence-corrected chi connectivity index (χ3v) is 5.13. The molecule has 6 N–H and O–H groups in total. The van der Waals surface area contributed by atoms with Crippen LogP contribution in [-0.4, -0.2) is 37.3 Å². The molecule has 0 fully saturated rings. The molecular formula is C26H20N2O8. The number of carbonyl (C=O) groups is 2. The molecule has 182 valence electrons. The third kappa shape index (κ3) is 5.94. The summed E-state index contributed by atoms with van der Waals surface area (Å²) in [5.74, 6) is -2.36. The van der Waals surface area contributed by atoms with Gasteiger partial charge < -0.3 is 26.2 Å². The molecule has 0 saturated heterocycles. The first-order chi connectivity index (χ1) is 17.1. The summed E-state index contributed by atoms with van der Waals surface area (Å²) in [6.07, 6.45) is 0. The molecular weight excluding hydrogens is 468 g/mol. The number of aromatic carboxylic acids is 2. The molecule has 0 aliphatic carbocycles. The Hall–Kier alpha value is -5.38. The number of carboxylic acid groups (broad SMARTS) is 2. The first-order valence-corrected chi connectivity index (χ1v) is 10.3. The van der Waals surface area contributed by atoms with Gasteiger partial charge in [-0.3, -0.25) is 10.1 Å². The molecule has 4 rings (SSSR count). The molecule has 4 aromatic rings. The van der Waals surface area contributed by atoms with Crippen molar-refractivity contribution < 1.29 is 34.9 Å². The molecule has 36 heavy (non-hydrogen) atoms. The number of benzene rings is 4. The number of phenolic OH excluding ortho intramolecular Hbond substituents is 2. The van der Waals surface area contributed by atoms with Crippen LogP contribution in [0.4, 0.5) is 11.4 Å². The fourth-order valence-electron chi connectivity index (χ4n) is 3.19. The highest BCUT2D eigenvalue weighted by atomic mass is 16.6. The minimum absolute atomic E-state index is 0.0379. The summed E-state index contributed by atoms with van der Waals surface area (Å²) < 4.78 is 0. The minimum Gasteiger partial charge on any atom is -0.506 e. The van der Waals surface area contributed by atoms with Gasteiger partial charge >= 0.3 is 17.6 Å². The van der Waals surface area contributed by atoms with E-state index in [4.69, 9.17) is 15.9 Å². The molecule has 10 heteroatoms. The lowest BCUT2D eigenvalue weighted by Gasteiger charge is -2.05. The highest BCUT2D eigenvalue weighted by Crippen LogP contribution is 2.31. The molecule has 0 aliphatic rings. The molecule has 0 amide bonds. The zero-order valence-corrected chi connectivity index (χ0v) is 18.5. The quantitative estimate of drug-likeness (QED) is 0.111. The summed E-state index contributed by atoms with van der Waals surface area (Å²) in [7, 11) is 0. The summed E-state index contributed by atoms with van der Waals surface area (Å²) >= 11 is 0. The van der Waals surface area contributed by atoms with E-state index in [-0.39, 0.29) is 22.6 Å². The number of phenols is 2. The fourth-order valence-corrected chi connectivity index (χ4v) is 3.19. The zero-order valence-electron chi connectivity index (χ0n) is 18.5. The Kier molecular flexibility index (Phi) is 7.50. The van der Waals surface area contributed by atoms with Crippen LogP contribution in [-0.2, 0) is 0 Å². The summed E-state index contributed by atoms with van der Waals surface area (Å²) in [6, 6.07) is 21.3. The van der Waals surface area contributed by atoms with Crippen molar-refractivity contribution in [1.29, 1.82) is 0 Å². The van der Waals surface area contributed by atoms with Crippen LogP contribution < -0.4 is 5.73 Å². The van der Waals surface area contributed by atoms with E-state index >= 15 is 0 Å². The van der Waals surface area contributed by atoms with Crippen molar-refractivity contribution in [1.82, 2.24) is 0 Å². The SMILES string of the molecule is Nc1cc(-c2ccc(C(=O)O)cc2)ccc1O.O=C(O)c1ccc(-c2ccc(O)c([N+](=O)[O-])c2)cc1. The topological polar surface area (TPSA) is 184 Å². The average Bonchev–Trinajstić information content (AvgIpc) is 2.86. The maximum absolute atomic E-state index is 10.7. The molecule has 4 aromatic carbocycles. The van der Waals surface area contributed by atoms with Gasteiger partial charge in [-0.05, 0) is 64.7 Å². The predicted molar refractivity (Wildman–Crippen MR) is 132 cm³/mol. The van der Waals surface area contributed by atoms with E-state index < -0.39 is 22.6 Å². The minimum atomic E-state index is -1.04. The van der Waals surface area contributed by atoms with Crippen LogP contribution in [0.2, 0.25) is 0 Å². The van der Waals surface area contributed by atoms with Gasteiger partial charge in [0.05, 0.1) is 21.7 Å². The van der Waals surface area contributed by atoms with E-state index in [9.17, 15) is 29.9 Å². The lowest BCUT2D eigenvalue weighted by atomic mass is 10.0. The van der Waals surface area contributed by atoms with E-state index in [1.807, 2.05) is 0 Å². The number of nitro benzene ring substituents is 1. The number of nitrogens with zero attached hydrogens (tertiary/aromatic N) is 1. The number of carboxylic acids is 2. The standard InChI is InChI=1S/C13H9NO5.C13H11NO3/c15-12-6-5-10(7-11(12)14(18)19)8-1-3-9(4-2-8)13(16)17;14-11-7-10(5-6-12(11)15)8-1-3-9(4-2-8)13(16)17/h1-7,15H,(H,16,17);1-7,15H,14H2,(H,16,17). The van der Waals surface area contributed by atoms with Gasteiger partial charge in [0.25, 0.3) is 0 Å². The van der Waals surface area contributed by atoms with Crippen LogP contribution in [0.1, 0.15) is 20.7 Å². The Labute approximate surface area is 204 Å². The molecule has 0 aliphatic heterocycles. The second-order valence-corrected chi connectivity index (χ2v) is 7.50. The van der Waals surface area contributed by atoms with Gasteiger partial charge in [0.1, 0.15) is 5.75 Å². The van der Waals surface area contributed by atoms with Crippen LogP contribution in [0.3, 0.4) is 0 Å². The second kappa shape index (κ2) is 10.7. The monoisotopic (exact) mass is 488 g/mol. The number of nitro groups is 1. The van der Waals surface area contributed by atoms with E-state index in [1.165, 1.54) is 48.5 Å². The first kappa shape index (κ1) is 25.2. The summed E-state index contributed by atoms with van der Waals surface area (Å²) in [6.45, 7) is 0. The van der Waals surface area contributed by atoms with Crippen LogP contribution >= 0.6 is 0 Å². The van der Waals surface area contributed by atoms with Crippen LogP contribution in [0, 0.1) is 10.1 Å². The van der Waals surface area contributed by atoms with Gasteiger partial charge in [0.2, 0.25) is 0 Å². The number of hydrogen-bond acceptors (Lipinski definition) is 7. The van der Waals surface area contributed by atoms with E-state index in [0.29, 0.717) is 16.8 Å². The molecule has 0 unspecified atom stereocenters. The molecule has 0 bridgehead atoms. The smallest absolute Gasteiger partial charge is 0.335 e. The number of anilines is 1. The normalized spacial score (nSPS) is 10.1. The zero-order chi connectivity index (χ0) is 26.4. The van der Waals surface area contributed by atoms with Crippen molar-refractivity contribution >= 4 is 23.3 Å². The van der Waals surface area contributed by atoms with Crippen LogP contribution in [0.5, 0.6) is 11.5 Å². The third-order valence-electron chi connectivity index (χ3n) is 5.13.